The van der Waals surface area contributed by atoms with Gasteiger partial charge < -0.3 is 9.26 Å². The molecule has 1 heterocycles. The molecular formula is C33H43N5O5S. The van der Waals surface area contributed by atoms with Crippen LogP contribution in [0.3, 0.4) is 0 Å². The number of carbonyl (C=O) groups excluding carboxylic acids is 1. The smallest absolute Gasteiger partial charge is 0.322 e. The second-order valence-corrected chi connectivity index (χ2v) is 13.4. The Labute approximate surface area is 260 Å². The monoisotopic (exact) mass is 621 g/mol. The first-order chi connectivity index (χ1) is 21.1. The van der Waals surface area contributed by atoms with Crippen LogP contribution in [0.5, 0.6) is 0 Å². The van der Waals surface area contributed by atoms with Gasteiger partial charge in [-0.3, -0.25) is 19.8 Å². The van der Waals surface area contributed by atoms with Crippen molar-refractivity contribution in [3.8, 4) is 11.1 Å². The molecule has 1 aromatic heterocycles. The third-order valence-corrected chi connectivity index (χ3v) is 9.72. The van der Waals surface area contributed by atoms with Gasteiger partial charge in [-0.1, -0.05) is 54.9 Å². The Morgan fingerprint density at radius 1 is 1.07 bits per heavy atom. The molecule has 3 atom stereocenters. The number of unbranched alkanes of at least 4 members (excludes halogenated alkanes) is 1. The van der Waals surface area contributed by atoms with Gasteiger partial charge in [-0.25, -0.2) is 4.72 Å². The zero-order valence-electron chi connectivity index (χ0n) is 26.0. The number of aryl methyl sites for hydroxylation is 1. The normalized spacial score (nSPS) is 19.0. The van der Waals surface area contributed by atoms with E-state index in [9.17, 15) is 13.2 Å². The summed E-state index contributed by atoms with van der Waals surface area (Å²) in [7, 11) is -4.04. The molecule has 44 heavy (non-hydrogen) atoms. The fourth-order valence-electron chi connectivity index (χ4n) is 6.06. The van der Waals surface area contributed by atoms with Crippen LogP contribution >= 0.6 is 0 Å². The van der Waals surface area contributed by atoms with E-state index >= 15 is 0 Å². The van der Waals surface area contributed by atoms with Crippen molar-refractivity contribution in [2.75, 3.05) is 16.1 Å². The number of rotatable bonds is 14. The Bertz CT molecular complexity index is 1610. The zero-order valence-corrected chi connectivity index (χ0v) is 26.8. The van der Waals surface area contributed by atoms with Gasteiger partial charge in [0, 0.05) is 30.1 Å². The molecule has 2 saturated carbocycles. The molecular weight excluding hydrogens is 578 g/mol. The number of fused-ring (bicyclic) bond motifs is 1. The van der Waals surface area contributed by atoms with Gasteiger partial charge >= 0.3 is 10.2 Å². The lowest BCUT2D eigenvalue weighted by atomic mass is 9.96. The minimum Gasteiger partial charge on any atom is -0.377 e. The van der Waals surface area contributed by atoms with Crippen molar-refractivity contribution in [1.29, 1.82) is 5.41 Å². The van der Waals surface area contributed by atoms with E-state index in [0.717, 1.165) is 42.4 Å². The highest BCUT2D eigenvalue weighted by molar-refractivity contribution is 7.94. The van der Waals surface area contributed by atoms with Crippen molar-refractivity contribution >= 4 is 33.5 Å². The fourth-order valence-corrected chi connectivity index (χ4v) is 7.03. The van der Waals surface area contributed by atoms with E-state index < -0.39 is 10.2 Å². The maximum atomic E-state index is 13.7. The van der Waals surface area contributed by atoms with Crippen molar-refractivity contribution in [1.82, 2.24) is 10.1 Å². The molecule has 3 N–H and O–H groups in total. The molecule has 0 aliphatic heterocycles. The maximum absolute atomic E-state index is 13.7. The van der Waals surface area contributed by atoms with Crippen LogP contribution in [-0.4, -0.2) is 36.8 Å². The second-order valence-electron chi connectivity index (χ2n) is 12.0. The van der Waals surface area contributed by atoms with Crippen molar-refractivity contribution in [3.05, 3.63) is 64.9 Å². The third kappa shape index (κ3) is 7.32. The number of para-hydroxylation sites is 1. The molecule has 0 spiro atoms. The Hall–Kier alpha value is -3.70. The Kier molecular flexibility index (Phi) is 9.75. The largest absolute Gasteiger partial charge is 0.377 e. The molecule has 2 fully saturated rings. The summed E-state index contributed by atoms with van der Waals surface area (Å²) >= 11 is 0. The van der Waals surface area contributed by atoms with Crippen molar-refractivity contribution < 1.29 is 22.5 Å². The van der Waals surface area contributed by atoms with Crippen molar-refractivity contribution in [2.45, 2.75) is 79.4 Å². The molecule has 1 unspecified atom stereocenters. The summed E-state index contributed by atoms with van der Waals surface area (Å²) in [6.45, 7) is 8.60. The minimum absolute atomic E-state index is 0.00126. The Morgan fingerprint density at radius 2 is 1.82 bits per heavy atom. The van der Waals surface area contributed by atoms with Gasteiger partial charge in [0.2, 0.25) is 5.91 Å². The molecule has 0 radical (unpaired) electrons. The topological polar surface area (TPSA) is 138 Å². The summed E-state index contributed by atoms with van der Waals surface area (Å²) < 4.78 is 42.2. The van der Waals surface area contributed by atoms with E-state index in [1.165, 1.54) is 6.42 Å². The molecule has 236 valence electrons. The number of hydrogen-bond acceptors (Lipinski definition) is 7. The summed E-state index contributed by atoms with van der Waals surface area (Å²) in [5.41, 5.74) is 4.25. The quantitative estimate of drug-likeness (QED) is 0.134. The number of aromatic nitrogens is 1. The van der Waals surface area contributed by atoms with Gasteiger partial charge in [0.05, 0.1) is 18.8 Å². The first kappa shape index (κ1) is 31.7. The number of ether oxygens (including phenoxy) is 1. The van der Waals surface area contributed by atoms with Gasteiger partial charge in [0.1, 0.15) is 11.6 Å². The van der Waals surface area contributed by atoms with Crippen LogP contribution in [0, 0.1) is 37.0 Å². The molecule has 0 bridgehead atoms. The predicted octanol–water partition coefficient (Wildman–Crippen LogP) is 6.81. The number of nitrogens with zero attached hydrogens (tertiary/aromatic N) is 2. The lowest BCUT2D eigenvalue weighted by Gasteiger charge is -2.27. The van der Waals surface area contributed by atoms with Crippen molar-refractivity contribution in [2.24, 2.45) is 17.8 Å². The van der Waals surface area contributed by atoms with E-state index in [1.807, 2.05) is 37.3 Å². The molecule has 3 aromatic rings. The van der Waals surface area contributed by atoms with Crippen LogP contribution in [0.1, 0.15) is 74.8 Å². The van der Waals surface area contributed by atoms with Crippen LogP contribution in [0.15, 0.2) is 47.0 Å². The van der Waals surface area contributed by atoms with Crippen LogP contribution in [0.25, 0.3) is 11.1 Å². The molecule has 1 amide bonds. The minimum atomic E-state index is -4.04. The number of nitrogens with one attached hydrogen (secondary N) is 3. The van der Waals surface area contributed by atoms with E-state index in [-0.39, 0.29) is 17.6 Å². The average molecular weight is 622 g/mol. The number of anilines is 2. The molecule has 5 rings (SSSR count). The highest BCUT2D eigenvalue weighted by Crippen LogP contribution is 2.54. The first-order valence-corrected chi connectivity index (χ1v) is 17.0. The number of carbonyl (C=O) groups is 1. The predicted molar refractivity (Wildman–Crippen MR) is 171 cm³/mol. The lowest BCUT2D eigenvalue weighted by molar-refractivity contribution is -0.132. The number of benzene rings is 2. The Morgan fingerprint density at radius 3 is 2.50 bits per heavy atom. The summed E-state index contributed by atoms with van der Waals surface area (Å²) in [5.74, 6) is 2.47. The standard InChI is InChI=1S/C33H43N5O5S/c1-5-7-12-31(34)38(33(39)26-17-24-16-25(24)18-26)19-23-13-14-28(27(15-23)20-42-6-2)29-10-8-9-11-30(29)36-44(40,41)37-32-21(3)22(4)43-35-32/h8-11,13-15,24-26,34,36H,5-7,12,16-20H2,1-4H3,(H,35,37)/t24-,25+,26?. The summed E-state index contributed by atoms with van der Waals surface area (Å²) in [6, 6.07) is 13.1. The number of amidine groups is 1. The van der Waals surface area contributed by atoms with Gasteiger partial charge in [0.15, 0.2) is 5.82 Å². The van der Waals surface area contributed by atoms with Crippen LogP contribution in [0.4, 0.5) is 11.5 Å². The molecule has 2 aliphatic carbocycles. The summed E-state index contributed by atoms with van der Waals surface area (Å²) in [6.07, 6.45) is 5.51. The summed E-state index contributed by atoms with van der Waals surface area (Å²) in [5, 5.41) is 12.6. The SMILES string of the molecule is CCCCC(=N)N(Cc1ccc(-c2ccccc2NS(=O)(=O)Nc2noc(C)c2C)c(COCC)c1)C(=O)C1C[C@@H]2C[C@@H]2C1. The van der Waals surface area contributed by atoms with E-state index in [0.29, 0.717) is 66.4 Å². The molecule has 2 aromatic carbocycles. The lowest BCUT2D eigenvalue weighted by Crippen LogP contribution is -2.39. The average Bonchev–Trinajstić information content (AvgIpc) is 3.50. The third-order valence-electron chi connectivity index (χ3n) is 8.77. The van der Waals surface area contributed by atoms with Gasteiger partial charge in [-0.05, 0) is 81.0 Å². The van der Waals surface area contributed by atoms with Gasteiger partial charge in [0.25, 0.3) is 0 Å². The zero-order chi connectivity index (χ0) is 31.4. The van der Waals surface area contributed by atoms with Gasteiger partial charge in [-0.2, -0.15) is 8.42 Å². The van der Waals surface area contributed by atoms with E-state index in [4.69, 9.17) is 14.7 Å². The maximum Gasteiger partial charge on any atom is 0.322 e. The van der Waals surface area contributed by atoms with Crippen LogP contribution in [0.2, 0.25) is 0 Å². The number of hydrogen-bond donors (Lipinski definition) is 3. The van der Waals surface area contributed by atoms with E-state index in [1.54, 1.807) is 30.9 Å². The second kappa shape index (κ2) is 13.5. The van der Waals surface area contributed by atoms with E-state index in [2.05, 4.69) is 21.5 Å². The highest BCUT2D eigenvalue weighted by atomic mass is 32.2. The highest BCUT2D eigenvalue weighted by Gasteiger charge is 2.49. The van der Waals surface area contributed by atoms with Gasteiger partial charge in [-0.15, -0.1) is 0 Å². The number of amides is 1. The molecule has 2 aliphatic rings. The Balaban J connectivity index is 1.42. The molecule has 10 nitrogen and oxygen atoms in total. The molecule has 0 saturated heterocycles. The first-order valence-electron chi connectivity index (χ1n) is 15.5. The summed E-state index contributed by atoms with van der Waals surface area (Å²) in [4.78, 5) is 15.4. The molecule has 11 heteroatoms. The van der Waals surface area contributed by atoms with Crippen LogP contribution < -0.4 is 9.44 Å². The fraction of sp³-hybridized carbons (Fsp3) is 0.485. The van der Waals surface area contributed by atoms with Crippen LogP contribution in [-0.2, 0) is 32.9 Å². The van der Waals surface area contributed by atoms with Crippen molar-refractivity contribution in [3.63, 3.8) is 0 Å².